The lowest BCUT2D eigenvalue weighted by Gasteiger charge is -2.22. The van der Waals surface area contributed by atoms with E-state index in [1.807, 2.05) is 30.3 Å². The van der Waals surface area contributed by atoms with Gasteiger partial charge in [0.05, 0.1) is 36.8 Å². The number of benzene rings is 2. The van der Waals surface area contributed by atoms with Crippen LogP contribution in [0.25, 0.3) is 0 Å². The van der Waals surface area contributed by atoms with Gasteiger partial charge in [0, 0.05) is 12.1 Å². The Morgan fingerprint density at radius 2 is 1.72 bits per heavy atom. The molecule has 0 amide bonds. The zero-order valence-corrected chi connectivity index (χ0v) is 15.3. The van der Waals surface area contributed by atoms with Crippen molar-refractivity contribution in [1.82, 2.24) is 0 Å². The number of nitro benzene ring substituents is 1. The highest BCUT2D eigenvalue weighted by molar-refractivity contribution is 5.64. The fraction of sp³-hybridized carbons (Fsp3) is 0.350. The fourth-order valence-electron chi connectivity index (χ4n) is 3.39. The first-order valence-corrected chi connectivity index (χ1v) is 9.12. The molecule has 0 aliphatic carbocycles. The molecule has 0 bridgehead atoms. The molecule has 29 heavy (non-hydrogen) atoms. The van der Waals surface area contributed by atoms with Crippen molar-refractivity contribution in [3.63, 3.8) is 0 Å². The molecule has 0 N–H and O–H groups in total. The highest BCUT2D eigenvalue weighted by Crippen LogP contribution is 2.35. The lowest BCUT2D eigenvalue weighted by atomic mass is 10.00. The number of nitrogens with zero attached hydrogens (tertiary/aromatic N) is 1. The summed E-state index contributed by atoms with van der Waals surface area (Å²) < 4.78 is 27.6. The van der Waals surface area contributed by atoms with E-state index in [0.717, 1.165) is 5.56 Å². The third-order valence-corrected chi connectivity index (χ3v) is 4.83. The summed E-state index contributed by atoms with van der Waals surface area (Å²) in [5, 5.41) is 10.7. The van der Waals surface area contributed by atoms with E-state index >= 15 is 0 Å². The predicted octanol–water partition coefficient (Wildman–Crippen LogP) is 3.07. The second-order valence-corrected chi connectivity index (χ2v) is 6.71. The molecule has 0 saturated carbocycles. The first-order valence-electron chi connectivity index (χ1n) is 9.12. The largest absolute Gasteiger partial charge is 0.514 e. The summed E-state index contributed by atoms with van der Waals surface area (Å²) in [4.78, 5) is 22.3. The van der Waals surface area contributed by atoms with Gasteiger partial charge in [0.25, 0.3) is 5.69 Å². The van der Waals surface area contributed by atoms with Crippen molar-refractivity contribution < 1.29 is 33.4 Å². The molecule has 0 aromatic heterocycles. The Morgan fingerprint density at radius 3 is 2.41 bits per heavy atom. The molecule has 0 unspecified atom stereocenters. The highest BCUT2D eigenvalue weighted by atomic mass is 16.8. The smallest absolute Gasteiger partial charge is 0.428 e. The number of ether oxygens (including phenoxy) is 5. The van der Waals surface area contributed by atoms with Gasteiger partial charge in [0.1, 0.15) is 11.9 Å². The molecule has 2 fully saturated rings. The summed E-state index contributed by atoms with van der Waals surface area (Å²) in [6.45, 7) is 0.938. The first-order chi connectivity index (χ1) is 14.1. The Labute approximate surface area is 166 Å². The average Bonchev–Trinajstić information content (AvgIpc) is 3.31. The summed E-state index contributed by atoms with van der Waals surface area (Å²) >= 11 is 0. The number of hydrogen-bond donors (Lipinski definition) is 0. The number of nitro groups is 1. The van der Waals surface area contributed by atoms with Crippen molar-refractivity contribution in [3.8, 4) is 5.75 Å². The van der Waals surface area contributed by atoms with E-state index in [4.69, 9.17) is 23.7 Å². The molecule has 2 saturated heterocycles. The van der Waals surface area contributed by atoms with Crippen LogP contribution in [0.2, 0.25) is 0 Å². The molecule has 9 nitrogen and oxygen atoms in total. The van der Waals surface area contributed by atoms with E-state index in [1.165, 1.54) is 24.3 Å². The van der Waals surface area contributed by atoms with E-state index in [-0.39, 0.29) is 30.1 Å². The first kappa shape index (κ1) is 19.3. The van der Waals surface area contributed by atoms with E-state index < -0.39 is 23.5 Å². The fourth-order valence-corrected chi connectivity index (χ4v) is 3.39. The summed E-state index contributed by atoms with van der Waals surface area (Å²) in [5.74, 6) is -0.112. The molecule has 2 aromatic rings. The minimum absolute atomic E-state index is 0.0979. The maximum absolute atomic E-state index is 12.1. The van der Waals surface area contributed by atoms with Crippen LogP contribution in [0.15, 0.2) is 54.6 Å². The molecule has 2 aromatic carbocycles. The Kier molecular flexibility index (Phi) is 5.70. The molecule has 2 aliphatic rings. The van der Waals surface area contributed by atoms with Crippen LogP contribution in [-0.4, -0.2) is 42.8 Å². The molecule has 0 radical (unpaired) electrons. The van der Waals surface area contributed by atoms with Gasteiger partial charge in [-0.2, -0.15) is 0 Å². The summed E-state index contributed by atoms with van der Waals surface area (Å²) in [6.07, 6.45) is -2.26. The van der Waals surface area contributed by atoms with Gasteiger partial charge in [0.15, 0.2) is 6.29 Å². The zero-order chi connectivity index (χ0) is 20.2. The van der Waals surface area contributed by atoms with Gasteiger partial charge in [-0.15, -0.1) is 0 Å². The Morgan fingerprint density at radius 1 is 1.03 bits per heavy atom. The Hall–Kier alpha value is -3.01. The SMILES string of the molecule is O=C(Oc1ccc([N+](=O)[O-])cc1)O[C@H]1CO[C@H]2OC[C@@H](OCc3ccccc3)[C@@H]21. The van der Waals surface area contributed by atoms with Gasteiger partial charge < -0.3 is 23.7 Å². The molecule has 2 heterocycles. The third kappa shape index (κ3) is 4.53. The molecular weight excluding hydrogens is 382 g/mol. The minimum atomic E-state index is -0.915. The number of carbonyl (C=O) groups excluding carboxylic acids is 1. The summed E-state index contributed by atoms with van der Waals surface area (Å²) in [5.41, 5.74) is 0.934. The molecule has 4 atom stereocenters. The number of fused-ring (bicyclic) bond motifs is 1. The van der Waals surface area contributed by atoms with Crippen LogP contribution in [-0.2, 0) is 25.6 Å². The predicted molar refractivity (Wildman–Crippen MR) is 98.2 cm³/mol. The molecule has 9 heteroatoms. The van der Waals surface area contributed by atoms with Gasteiger partial charge in [-0.1, -0.05) is 30.3 Å². The van der Waals surface area contributed by atoms with Crippen molar-refractivity contribution in [2.75, 3.05) is 13.2 Å². The highest BCUT2D eigenvalue weighted by Gasteiger charge is 2.50. The number of non-ortho nitro benzene ring substituents is 1. The van der Waals surface area contributed by atoms with Crippen molar-refractivity contribution in [3.05, 3.63) is 70.3 Å². The Bertz CT molecular complexity index is 857. The van der Waals surface area contributed by atoms with Crippen LogP contribution < -0.4 is 4.74 Å². The maximum atomic E-state index is 12.1. The van der Waals surface area contributed by atoms with E-state index in [9.17, 15) is 14.9 Å². The monoisotopic (exact) mass is 401 g/mol. The molecule has 2 aliphatic heterocycles. The van der Waals surface area contributed by atoms with Crippen molar-refractivity contribution in [1.29, 1.82) is 0 Å². The van der Waals surface area contributed by atoms with Crippen LogP contribution in [0.3, 0.4) is 0 Å². The van der Waals surface area contributed by atoms with Gasteiger partial charge >= 0.3 is 6.16 Å². The van der Waals surface area contributed by atoms with Crippen LogP contribution in [0.4, 0.5) is 10.5 Å². The van der Waals surface area contributed by atoms with E-state index in [1.54, 1.807) is 0 Å². The third-order valence-electron chi connectivity index (χ3n) is 4.83. The topological polar surface area (TPSA) is 106 Å². The standard InChI is InChI=1S/C20H19NO8/c22-20(28-15-8-6-14(7-9-15)21(23)24)29-17-12-27-19-18(17)16(11-26-19)25-10-13-4-2-1-3-5-13/h1-9,16-19H,10-12H2/t16-,17+,18-,19-/m1/s1. The zero-order valence-electron chi connectivity index (χ0n) is 15.3. The van der Waals surface area contributed by atoms with Crippen molar-refractivity contribution >= 4 is 11.8 Å². The maximum Gasteiger partial charge on any atom is 0.514 e. The van der Waals surface area contributed by atoms with Crippen LogP contribution in [0.5, 0.6) is 5.75 Å². The number of rotatable bonds is 6. The lowest BCUT2D eigenvalue weighted by molar-refractivity contribution is -0.384. The lowest BCUT2D eigenvalue weighted by Crippen LogP contribution is -2.36. The summed E-state index contributed by atoms with van der Waals surface area (Å²) in [6, 6.07) is 14.9. The average molecular weight is 401 g/mol. The van der Waals surface area contributed by atoms with Crippen LogP contribution in [0.1, 0.15) is 5.56 Å². The molecule has 0 spiro atoms. The Balaban J connectivity index is 1.33. The number of carbonyl (C=O) groups is 1. The van der Waals surface area contributed by atoms with Crippen LogP contribution >= 0.6 is 0 Å². The number of hydrogen-bond acceptors (Lipinski definition) is 8. The van der Waals surface area contributed by atoms with Crippen molar-refractivity contribution in [2.45, 2.75) is 25.1 Å². The van der Waals surface area contributed by atoms with Gasteiger partial charge in [-0.25, -0.2) is 4.79 Å². The van der Waals surface area contributed by atoms with Crippen molar-refractivity contribution in [2.24, 2.45) is 5.92 Å². The normalized spacial score (nSPS) is 25.4. The van der Waals surface area contributed by atoms with Gasteiger partial charge in [-0.3, -0.25) is 10.1 Å². The van der Waals surface area contributed by atoms with E-state index in [2.05, 4.69) is 0 Å². The molecule has 4 rings (SSSR count). The summed E-state index contributed by atoms with van der Waals surface area (Å²) in [7, 11) is 0. The molecule has 152 valence electrons. The quantitative estimate of drug-likeness (QED) is 0.315. The van der Waals surface area contributed by atoms with Gasteiger partial charge in [-0.05, 0) is 17.7 Å². The van der Waals surface area contributed by atoms with Crippen LogP contribution in [0, 0.1) is 16.0 Å². The van der Waals surface area contributed by atoms with E-state index in [0.29, 0.717) is 13.2 Å². The minimum Gasteiger partial charge on any atom is -0.428 e. The molecular formula is C20H19NO8. The van der Waals surface area contributed by atoms with Gasteiger partial charge in [0.2, 0.25) is 0 Å². The second-order valence-electron chi connectivity index (χ2n) is 6.71. The second kappa shape index (κ2) is 8.56.